The van der Waals surface area contributed by atoms with Crippen LogP contribution in [-0.2, 0) is 10.0 Å². The number of rotatable bonds is 3. The Bertz CT molecular complexity index is 765. The third kappa shape index (κ3) is 3.03. The molecular weight excluding hydrogens is 282 g/mol. The Balaban J connectivity index is 2.25. The first-order valence-electron chi connectivity index (χ1n) is 5.65. The highest BCUT2D eigenvalue weighted by Gasteiger charge is 2.14. The second kappa shape index (κ2) is 5.06. The monoisotopic (exact) mass is 295 g/mol. The number of nitrogens with one attached hydrogen (secondary N) is 1. The van der Waals surface area contributed by atoms with Gasteiger partial charge in [-0.25, -0.2) is 13.6 Å². The first-order chi connectivity index (χ1) is 9.27. The molecule has 0 bridgehead atoms. The summed E-state index contributed by atoms with van der Waals surface area (Å²) in [7, 11) is -3.76. The lowest BCUT2D eigenvalue weighted by molar-refractivity contribution is 0.101. The fourth-order valence-corrected chi connectivity index (χ4v) is 2.21. The van der Waals surface area contributed by atoms with Crippen LogP contribution in [0.4, 0.5) is 5.69 Å². The molecule has 0 aliphatic rings. The maximum atomic E-state index is 11.9. The van der Waals surface area contributed by atoms with E-state index >= 15 is 0 Å². The third-order valence-corrected chi connectivity index (χ3v) is 3.55. The molecule has 1 heterocycles. The number of benzene rings is 1. The Morgan fingerprint density at radius 2 is 2.00 bits per heavy atom. The van der Waals surface area contributed by atoms with Crippen LogP contribution in [0.5, 0.6) is 0 Å². The topological polar surface area (TPSA) is 115 Å². The van der Waals surface area contributed by atoms with E-state index in [1.165, 1.54) is 24.3 Å². The Kier molecular flexibility index (Phi) is 3.60. The molecule has 106 valence electrons. The van der Waals surface area contributed by atoms with Gasteiger partial charge in [0.05, 0.1) is 4.90 Å². The van der Waals surface area contributed by atoms with E-state index in [1.807, 2.05) is 0 Å². The summed E-state index contributed by atoms with van der Waals surface area (Å²) in [5.74, 6) is 0.0877. The van der Waals surface area contributed by atoms with E-state index in [0.717, 1.165) is 0 Å². The van der Waals surface area contributed by atoms with Crippen molar-refractivity contribution in [1.29, 1.82) is 0 Å². The molecule has 1 aromatic carbocycles. The number of aromatic nitrogens is 1. The average molecular weight is 295 g/mol. The molecule has 2 aromatic rings. The standard InChI is InChI=1S/C12H13N3O4S/c1-7-5-9(20(13,17)18)3-4-10(7)14-12(16)11-6-8(2)19-15-11/h3-6H,1-2H3,(H,14,16)(H2,13,17,18). The van der Waals surface area contributed by atoms with Gasteiger partial charge in [0.2, 0.25) is 10.0 Å². The Labute approximate surface area is 115 Å². The van der Waals surface area contributed by atoms with Gasteiger partial charge in [0.25, 0.3) is 5.91 Å². The number of amides is 1. The molecule has 0 unspecified atom stereocenters. The van der Waals surface area contributed by atoms with Crippen LogP contribution in [0, 0.1) is 13.8 Å². The van der Waals surface area contributed by atoms with E-state index in [9.17, 15) is 13.2 Å². The van der Waals surface area contributed by atoms with Gasteiger partial charge in [-0.1, -0.05) is 5.16 Å². The molecule has 0 spiro atoms. The summed E-state index contributed by atoms with van der Waals surface area (Å²) in [5.41, 5.74) is 1.20. The summed E-state index contributed by atoms with van der Waals surface area (Å²) in [6, 6.07) is 5.69. The van der Waals surface area contributed by atoms with Crippen molar-refractivity contribution in [2.45, 2.75) is 18.7 Å². The first kappa shape index (κ1) is 14.2. The van der Waals surface area contributed by atoms with Gasteiger partial charge in [-0.2, -0.15) is 0 Å². The van der Waals surface area contributed by atoms with Crippen LogP contribution in [-0.4, -0.2) is 19.5 Å². The van der Waals surface area contributed by atoms with E-state index in [-0.39, 0.29) is 10.6 Å². The van der Waals surface area contributed by atoms with Gasteiger partial charge in [-0.05, 0) is 37.6 Å². The highest BCUT2D eigenvalue weighted by Crippen LogP contribution is 2.19. The molecular formula is C12H13N3O4S. The Morgan fingerprint density at radius 3 is 2.50 bits per heavy atom. The van der Waals surface area contributed by atoms with Crippen molar-refractivity contribution < 1.29 is 17.7 Å². The number of aryl methyl sites for hydroxylation is 2. The van der Waals surface area contributed by atoms with Crippen LogP contribution in [0.1, 0.15) is 21.8 Å². The van der Waals surface area contributed by atoms with Gasteiger partial charge in [0.1, 0.15) is 5.76 Å². The van der Waals surface area contributed by atoms with Crippen LogP contribution in [0.3, 0.4) is 0 Å². The molecule has 0 aliphatic carbocycles. The van der Waals surface area contributed by atoms with Gasteiger partial charge in [-0.3, -0.25) is 4.79 Å². The zero-order valence-electron chi connectivity index (χ0n) is 10.9. The summed E-state index contributed by atoms with van der Waals surface area (Å²) in [6.45, 7) is 3.34. The maximum Gasteiger partial charge on any atom is 0.277 e. The fraction of sp³-hybridized carbons (Fsp3) is 0.167. The number of carbonyl (C=O) groups is 1. The lowest BCUT2D eigenvalue weighted by Crippen LogP contribution is -2.15. The quantitative estimate of drug-likeness (QED) is 0.882. The van der Waals surface area contributed by atoms with Gasteiger partial charge in [0.15, 0.2) is 5.69 Å². The SMILES string of the molecule is Cc1cc(C(=O)Nc2ccc(S(N)(=O)=O)cc2C)no1. The lowest BCUT2D eigenvalue weighted by atomic mass is 10.2. The Hall–Kier alpha value is -2.19. The van der Waals surface area contributed by atoms with Crippen molar-refractivity contribution in [3.63, 3.8) is 0 Å². The molecule has 0 saturated heterocycles. The Morgan fingerprint density at radius 1 is 1.30 bits per heavy atom. The third-order valence-electron chi connectivity index (χ3n) is 2.64. The van der Waals surface area contributed by atoms with E-state index in [2.05, 4.69) is 10.5 Å². The van der Waals surface area contributed by atoms with Crippen LogP contribution in [0.25, 0.3) is 0 Å². The molecule has 1 amide bonds. The first-order valence-corrected chi connectivity index (χ1v) is 7.20. The van der Waals surface area contributed by atoms with Crippen molar-refractivity contribution in [3.8, 4) is 0 Å². The molecule has 3 N–H and O–H groups in total. The highest BCUT2D eigenvalue weighted by molar-refractivity contribution is 7.89. The second-order valence-corrected chi connectivity index (χ2v) is 5.86. The van der Waals surface area contributed by atoms with Crippen molar-refractivity contribution in [1.82, 2.24) is 5.16 Å². The predicted octanol–water partition coefficient (Wildman–Crippen LogP) is 1.19. The molecule has 20 heavy (non-hydrogen) atoms. The molecule has 0 fully saturated rings. The second-order valence-electron chi connectivity index (χ2n) is 4.30. The van der Waals surface area contributed by atoms with E-state index in [0.29, 0.717) is 17.0 Å². The normalized spacial score (nSPS) is 11.3. The number of nitrogens with two attached hydrogens (primary N) is 1. The number of anilines is 1. The van der Waals surface area contributed by atoms with Gasteiger partial charge < -0.3 is 9.84 Å². The van der Waals surface area contributed by atoms with Gasteiger partial charge in [0, 0.05) is 11.8 Å². The fourth-order valence-electron chi connectivity index (χ4n) is 1.61. The number of sulfonamides is 1. The number of hydrogen-bond donors (Lipinski definition) is 2. The van der Waals surface area contributed by atoms with Crippen LogP contribution >= 0.6 is 0 Å². The zero-order chi connectivity index (χ0) is 14.9. The molecule has 0 atom stereocenters. The minimum Gasteiger partial charge on any atom is -0.361 e. The summed E-state index contributed by atoms with van der Waals surface area (Å²) < 4.78 is 27.2. The van der Waals surface area contributed by atoms with E-state index in [1.54, 1.807) is 13.8 Å². The predicted molar refractivity (Wildman–Crippen MR) is 71.7 cm³/mol. The molecule has 8 heteroatoms. The molecule has 0 radical (unpaired) electrons. The largest absolute Gasteiger partial charge is 0.361 e. The number of nitrogens with zero attached hydrogens (tertiary/aromatic N) is 1. The molecule has 1 aromatic heterocycles. The van der Waals surface area contributed by atoms with Crippen LogP contribution in [0.2, 0.25) is 0 Å². The zero-order valence-corrected chi connectivity index (χ0v) is 11.7. The number of hydrogen-bond acceptors (Lipinski definition) is 5. The maximum absolute atomic E-state index is 11.9. The van der Waals surface area contributed by atoms with E-state index in [4.69, 9.17) is 9.66 Å². The minimum absolute atomic E-state index is 0.00900. The summed E-state index contributed by atoms with van der Waals surface area (Å²) >= 11 is 0. The van der Waals surface area contributed by atoms with E-state index < -0.39 is 15.9 Å². The summed E-state index contributed by atoms with van der Waals surface area (Å²) in [4.78, 5) is 11.9. The molecule has 2 rings (SSSR count). The van der Waals surface area contributed by atoms with Crippen molar-refractivity contribution in [2.75, 3.05) is 5.32 Å². The summed E-state index contributed by atoms with van der Waals surface area (Å²) in [5, 5.41) is 11.3. The van der Waals surface area contributed by atoms with Gasteiger partial charge in [-0.15, -0.1) is 0 Å². The van der Waals surface area contributed by atoms with Gasteiger partial charge >= 0.3 is 0 Å². The molecule has 0 aliphatic heterocycles. The molecule has 0 saturated carbocycles. The summed E-state index contributed by atoms with van der Waals surface area (Å²) in [6.07, 6.45) is 0. The smallest absolute Gasteiger partial charge is 0.277 e. The molecule has 7 nitrogen and oxygen atoms in total. The number of carbonyl (C=O) groups excluding carboxylic acids is 1. The van der Waals surface area contributed by atoms with Crippen LogP contribution in [0.15, 0.2) is 33.7 Å². The van der Waals surface area contributed by atoms with Crippen molar-refractivity contribution in [3.05, 3.63) is 41.3 Å². The van der Waals surface area contributed by atoms with Crippen molar-refractivity contribution in [2.24, 2.45) is 5.14 Å². The van der Waals surface area contributed by atoms with Crippen molar-refractivity contribution >= 4 is 21.6 Å². The lowest BCUT2D eigenvalue weighted by Gasteiger charge is -2.08. The van der Waals surface area contributed by atoms with Crippen LogP contribution < -0.4 is 10.5 Å². The average Bonchev–Trinajstić information content (AvgIpc) is 2.77. The minimum atomic E-state index is -3.76. The highest BCUT2D eigenvalue weighted by atomic mass is 32.2. The number of primary sulfonamides is 1.